The molecular formula is C18H20ClFN2O3S. The van der Waals surface area contributed by atoms with E-state index in [1.54, 1.807) is 0 Å². The van der Waals surface area contributed by atoms with Crippen molar-refractivity contribution in [2.45, 2.75) is 37.6 Å². The average molecular weight is 399 g/mol. The van der Waals surface area contributed by atoms with Crippen LogP contribution < -0.4 is 10.0 Å². The number of carbonyl (C=O) groups excluding carboxylic acids is 1. The molecule has 2 aromatic carbocycles. The number of rotatable bonds is 6. The summed E-state index contributed by atoms with van der Waals surface area (Å²) in [5.41, 5.74) is 0.357. The normalized spacial score (nSPS) is 11.9. The molecule has 0 aliphatic carbocycles. The molecule has 26 heavy (non-hydrogen) atoms. The lowest BCUT2D eigenvalue weighted by molar-refractivity contribution is 0.0911. The van der Waals surface area contributed by atoms with E-state index in [9.17, 15) is 17.6 Å². The van der Waals surface area contributed by atoms with Gasteiger partial charge in [-0.25, -0.2) is 12.8 Å². The fraction of sp³-hybridized carbons (Fsp3) is 0.278. The van der Waals surface area contributed by atoms with Crippen LogP contribution in [0.5, 0.6) is 0 Å². The van der Waals surface area contributed by atoms with Crippen molar-refractivity contribution in [3.63, 3.8) is 0 Å². The van der Waals surface area contributed by atoms with Crippen LogP contribution in [-0.2, 0) is 10.0 Å². The van der Waals surface area contributed by atoms with Crippen molar-refractivity contribution >= 4 is 33.2 Å². The summed E-state index contributed by atoms with van der Waals surface area (Å²) < 4.78 is 40.2. The molecule has 0 bridgehead atoms. The molecule has 0 unspecified atom stereocenters. The van der Waals surface area contributed by atoms with Crippen LogP contribution in [0.25, 0.3) is 0 Å². The second-order valence-corrected chi connectivity index (χ2v) is 8.54. The first-order chi connectivity index (χ1) is 12.0. The Hall–Kier alpha value is -2.12. The predicted molar refractivity (Wildman–Crippen MR) is 100 cm³/mol. The van der Waals surface area contributed by atoms with Crippen LogP contribution >= 0.6 is 11.6 Å². The van der Waals surface area contributed by atoms with Crippen LogP contribution in [0.2, 0.25) is 5.02 Å². The largest absolute Gasteiger partial charge is 0.347 e. The maximum absolute atomic E-state index is 13.2. The summed E-state index contributed by atoms with van der Waals surface area (Å²) in [4.78, 5) is 12.0. The van der Waals surface area contributed by atoms with Crippen LogP contribution in [0.15, 0.2) is 47.4 Å². The summed E-state index contributed by atoms with van der Waals surface area (Å²) in [6.45, 7) is 5.81. The smallest absolute Gasteiger partial charge is 0.261 e. The zero-order valence-electron chi connectivity index (χ0n) is 14.6. The molecule has 0 fully saturated rings. The minimum atomic E-state index is -3.92. The highest BCUT2D eigenvalue weighted by Crippen LogP contribution is 2.22. The summed E-state index contributed by atoms with van der Waals surface area (Å²) in [6.07, 6.45) is 0.775. The third-order valence-corrected chi connectivity index (χ3v) is 5.61. The monoisotopic (exact) mass is 398 g/mol. The van der Waals surface area contributed by atoms with Crippen LogP contribution in [0, 0.1) is 5.82 Å². The molecule has 0 saturated carbocycles. The van der Waals surface area contributed by atoms with Gasteiger partial charge in [-0.05, 0) is 62.7 Å². The lowest BCUT2D eigenvalue weighted by Gasteiger charge is -2.24. The summed E-state index contributed by atoms with van der Waals surface area (Å²) in [5.74, 6) is -0.937. The molecule has 0 atom stereocenters. The van der Waals surface area contributed by atoms with E-state index in [0.717, 1.165) is 24.6 Å². The van der Waals surface area contributed by atoms with Crippen molar-refractivity contribution in [1.82, 2.24) is 5.32 Å². The maximum atomic E-state index is 13.2. The molecule has 0 radical (unpaired) electrons. The van der Waals surface area contributed by atoms with Gasteiger partial charge in [-0.2, -0.15) is 0 Å². The molecule has 0 spiro atoms. The van der Waals surface area contributed by atoms with Crippen LogP contribution in [0.1, 0.15) is 37.6 Å². The van der Waals surface area contributed by atoms with E-state index in [0.29, 0.717) is 5.56 Å². The lowest BCUT2D eigenvalue weighted by atomic mass is 10.0. The number of hydrogen-bond donors (Lipinski definition) is 2. The van der Waals surface area contributed by atoms with Gasteiger partial charge in [0, 0.05) is 16.8 Å². The van der Waals surface area contributed by atoms with Gasteiger partial charge < -0.3 is 5.32 Å². The molecule has 8 heteroatoms. The fourth-order valence-corrected chi connectivity index (χ4v) is 3.35. The Morgan fingerprint density at radius 3 is 2.31 bits per heavy atom. The molecule has 0 heterocycles. The van der Waals surface area contributed by atoms with Crippen molar-refractivity contribution in [3.8, 4) is 0 Å². The number of carbonyl (C=O) groups is 1. The maximum Gasteiger partial charge on any atom is 0.261 e. The van der Waals surface area contributed by atoms with Gasteiger partial charge >= 0.3 is 0 Å². The number of sulfonamides is 1. The Kier molecular flexibility index (Phi) is 5.93. The molecule has 2 aromatic rings. The first-order valence-corrected chi connectivity index (χ1v) is 9.80. The zero-order valence-corrected chi connectivity index (χ0v) is 16.2. The van der Waals surface area contributed by atoms with Gasteiger partial charge in [0.2, 0.25) is 0 Å². The quantitative estimate of drug-likeness (QED) is 0.765. The van der Waals surface area contributed by atoms with E-state index in [2.05, 4.69) is 10.0 Å². The van der Waals surface area contributed by atoms with Crippen molar-refractivity contribution in [2.75, 3.05) is 4.72 Å². The molecule has 0 aliphatic rings. The van der Waals surface area contributed by atoms with Crippen molar-refractivity contribution in [3.05, 3.63) is 58.9 Å². The second kappa shape index (κ2) is 7.63. The van der Waals surface area contributed by atoms with Gasteiger partial charge in [-0.15, -0.1) is 0 Å². The number of nitrogens with one attached hydrogen (secondary N) is 2. The summed E-state index contributed by atoms with van der Waals surface area (Å²) in [7, 11) is -3.92. The Bertz CT molecular complexity index is 913. The molecule has 140 valence electrons. The Morgan fingerprint density at radius 1 is 1.15 bits per heavy atom. The number of anilines is 1. The number of benzene rings is 2. The molecule has 2 rings (SSSR count). The van der Waals surface area contributed by atoms with E-state index in [1.807, 2.05) is 20.8 Å². The highest BCUT2D eigenvalue weighted by molar-refractivity contribution is 7.92. The number of amides is 1. The Morgan fingerprint density at radius 2 is 1.77 bits per heavy atom. The molecule has 0 aromatic heterocycles. The van der Waals surface area contributed by atoms with E-state index >= 15 is 0 Å². The third kappa shape index (κ3) is 4.95. The lowest BCUT2D eigenvalue weighted by Crippen LogP contribution is -2.42. The first kappa shape index (κ1) is 20.2. The van der Waals surface area contributed by atoms with Gasteiger partial charge in [0.05, 0.1) is 9.92 Å². The molecule has 2 N–H and O–H groups in total. The van der Waals surface area contributed by atoms with Crippen LogP contribution in [-0.4, -0.2) is 19.9 Å². The summed E-state index contributed by atoms with van der Waals surface area (Å²) >= 11 is 5.63. The predicted octanol–water partition coefficient (Wildman–Crippen LogP) is 4.20. The molecule has 0 aliphatic heterocycles. The fourth-order valence-electron chi connectivity index (χ4n) is 2.02. The molecule has 5 nitrogen and oxygen atoms in total. The van der Waals surface area contributed by atoms with Crippen LogP contribution in [0.4, 0.5) is 10.1 Å². The van der Waals surface area contributed by atoms with E-state index in [4.69, 9.17) is 11.6 Å². The first-order valence-electron chi connectivity index (χ1n) is 7.94. The Balaban J connectivity index is 2.15. The van der Waals surface area contributed by atoms with Gasteiger partial charge in [0.15, 0.2) is 0 Å². The molecule has 0 saturated heterocycles. The van der Waals surface area contributed by atoms with Crippen molar-refractivity contribution in [2.24, 2.45) is 0 Å². The van der Waals surface area contributed by atoms with Gasteiger partial charge in [-0.1, -0.05) is 18.5 Å². The van der Waals surface area contributed by atoms with E-state index in [1.165, 1.54) is 24.3 Å². The minimum absolute atomic E-state index is 0.157. The van der Waals surface area contributed by atoms with Crippen molar-refractivity contribution < 1.29 is 17.6 Å². The van der Waals surface area contributed by atoms with Gasteiger partial charge in [0.25, 0.3) is 15.9 Å². The van der Waals surface area contributed by atoms with E-state index in [-0.39, 0.29) is 27.1 Å². The topological polar surface area (TPSA) is 75.3 Å². The standard InChI is InChI=1S/C18H20ClFN2O3S/c1-4-18(2,3)21-17(23)12-5-7-13(8-6-12)22-26(24,25)14-9-10-16(20)15(19)11-14/h5-11,22H,4H2,1-3H3,(H,21,23). The molecule has 1 amide bonds. The van der Waals surface area contributed by atoms with Crippen LogP contribution in [0.3, 0.4) is 0 Å². The SMILES string of the molecule is CCC(C)(C)NC(=O)c1ccc(NS(=O)(=O)c2ccc(F)c(Cl)c2)cc1. The van der Waals surface area contributed by atoms with Crippen molar-refractivity contribution in [1.29, 1.82) is 0 Å². The second-order valence-electron chi connectivity index (χ2n) is 6.45. The Labute approximate surface area is 157 Å². The van der Waals surface area contributed by atoms with Gasteiger partial charge in [-0.3, -0.25) is 9.52 Å². The highest BCUT2D eigenvalue weighted by Gasteiger charge is 2.19. The number of hydrogen-bond acceptors (Lipinski definition) is 3. The highest BCUT2D eigenvalue weighted by atomic mass is 35.5. The summed E-state index contributed by atoms with van der Waals surface area (Å²) in [5, 5.41) is 2.62. The molecular weight excluding hydrogens is 379 g/mol. The average Bonchev–Trinajstić information content (AvgIpc) is 2.57. The summed E-state index contributed by atoms with van der Waals surface area (Å²) in [6, 6.07) is 9.16. The third-order valence-electron chi connectivity index (χ3n) is 3.94. The van der Waals surface area contributed by atoms with E-state index < -0.39 is 15.8 Å². The zero-order chi connectivity index (χ0) is 19.5. The number of halogens is 2. The minimum Gasteiger partial charge on any atom is -0.347 e. The van der Waals surface area contributed by atoms with Gasteiger partial charge in [0.1, 0.15) is 5.82 Å².